The lowest BCUT2D eigenvalue weighted by Crippen LogP contribution is -2.81. The van der Waals surface area contributed by atoms with Gasteiger partial charge in [0.1, 0.15) is 41.5 Å². The first-order chi connectivity index (χ1) is 34.4. The van der Waals surface area contributed by atoms with Gasteiger partial charge in [0, 0.05) is 36.8 Å². The van der Waals surface area contributed by atoms with Gasteiger partial charge in [0.15, 0.2) is 29.5 Å². The van der Waals surface area contributed by atoms with Crippen molar-refractivity contribution in [1.29, 1.82) is 0 Å². The number of carbonyl (C=O) groups excluding carboxylic acids is 4. The lowest BCUT2D eigenvalue weighted by Gasteiger charge is -2.67. The number of hydrogen-bond acceptors (Lipinski definition) is 19. The highest BCUT2D eigenvalue weighted by atomic mass is 32.2. The molecule has 2 saturated heterocycles. The van der Waals surface area contributed by atoms with Crippen molar-refractivity contribution in [3.8, 4) is 17.2 Å². The Morgan fingerprint density at radius 3 is 2.19 bits per heavy atom. The predicted octanol–water partition coefficient (Wildman–Crippen LogP) is 5.68. The molecule has 2 saturated carbocycles. The maximum Gasteiger partial charge on any atom is 0.338 e. The predicted molar refractivity (Wildman–Crippen MR) is 255 cm³/mol. The van der Waals surface area contributed by atoms with Gasteiger partial charge < -0.3 is 53.4 Å². The molecule has 0 amide bonds. The number of nitrogens with two attached hydrogens (primary N) is 1. The Morgan fingerprint density at radius 2 is 1.56 bits per heavy atom. The average Bonchev–Trinajstić information content (AvgIpc) is 3.74. The zero-order valence-electron chi connectivity index (χ0n) is 40.7. The lowest BCUT2D eigenvalue weighted by molar-refractivity contribution is -0.346. The summed E-state index contributed by atoms with van der Waals surface area (Å²) in [6, 6.07) is 28.3. The molecule has 2 heterocycles. The number of ether oxygens (including phenoxy) is 7. The highest BCUT2D eigenvalue weighted by Crippen LogP contribution is 2.64. The second-order valence-corrected chi connectivity index (χ2v) is 20.6. The minimum Gasteiger partial charge on any atom is -0.497 e. The molecule has 5 N–H and O–H groups in total. The largest absolute Gasteiger partial charge is 0.497 e. The highest BCUT2D eigenvalue weighted by Gasteiger charge is 2.78. The van der Waals surface area contributed by atoms with Crippen LogP contribution in [-0.2, 0) is 43.1 Å². The fourth-order valence-corrected chi connectivity index (χ4v) is 13.0. The summed E-state index contributed by atoms with van der Waals surface area (Å²) in [5.41, 5.74) is -6.27. The van der Waals surface area contributed by atoms with E-state index >= 15 is 9.59 Å². The van der Waals surface area contributed by atoms with Gasteiger partial charge >= 0.3 is 17.9 Å². The smallest absolute Gasteiger partial charge is 0.338 e. The van der Waals surface area contributed by atoms with Gasteiger partial charge in [-0.05, 0) is 78.9 Å². The van der Waals surface area contributed by atoms with Gasteiger partial charge in [0.05, 0.1) is 54.8 Å². The number of Topliss-reactive ketones (excluding diaryl/α,β-unsaturated/α-hetero) is 1. The van der Waals surface area contributed by atoms with E-state index in [0.717, 1.165) is 0 Å². The molecular formula is C53H58N2O16S. The first-order valence-electron chi connectivity index (χ1n) is 23.5. The van der Waals surface area contributed by atoms with E-state index in [1.54, 1.807) is 81.4 Å². The van der Waals surface area contributed by atoms with Gasteiger partial charge in [0.25, 0.3) is 0 Å². The average molecular weight is 1010 g/mol. The van der Waals surface area contributed by atoms with Crippen LogP contribution in [-0.4, -0.2) is 112 Å². The minimum atomic E-state index is -2.35. The molecule has 5 aliphatic rings. The molecule has 0 radical (unpaired) electrons. The quantitative estimate of drug-likeness (QED) is 0.0314. The molecule has 4 aromatic rings. The first kappa shape index (κ1) is 51.0. The van der Waals surface area contributed by atoms with Crippen molar-refractivity contribution in [3.05, 3.63) is 131 Å². The molecule has 2 bridgehead atoms. The number of rotatable bonds is 13. The van der Waals surface area contributed by atoms with Crippen LogP contribution in [0.2, 0.25) is 0 Å². The minimum absolute atomic E-state index is 0.0103. The number of ketones is 1. The van der Waals surface area contributed by atoms with Gasteiger partial charge in [-0.1, -0.05) is 79.5 Å². The van der Waals surface area contributed by atoms with Crippen molar-refractivity contribution in [2.24, 2.45) is 22.6 Å². The fourth-order valence-electron chi connectivity index (χ4n) is 11.8. The standard InChI is InChI=1S/C53H58N2O16S/c1-28-36(66-49(61)43-41(30-16-10-8-11-17-30)55(72-37-21-15-14-20-34(37)70-71-54)47(67-43)33-23-22-32(63-6)24-35(33)64-7)26-53(62)46(68-48(60)31-18-12-9-13-19-31)44-51(5,45(59)42(58)40(28)50(53,3)4)38(57)25-39-52(44,27-65-39)69-29(2)56/h8-24,36,38-39,41-44,46-47,57-58,62H,25-27,54H2,1-7H3/t36-,38-,39+,41-,42+,43+,44-,46-,47?,51+,52-,53+/m0/s1. The van der Waals surface area contributed by atoms with Gasteiger partial charge in [-0.15, -0.1) is 0 Å². The molecule has 4 aromatic carbocycles. The van der Waals surface area contributed by atoms with E-state index in [4.69, 9.17) is 43.9 Å². The Labute approximate surface area is 420 Å². The number of aliphatic hydroxyl groups is 3. The van der Waals surface area contributed by atoms with E-state index in [1.807, 2.05) is 34.6 Å². The number of esters is 3. The highest BCUT2D eigenvalue weighted by molar-refractivity contribution is 7.97. The number of aliphatic hydroxyl groups excluding tert-OH is 2. The molecule has 9 rings (SSSR count). The topological polar surface area (TPSA) is 241 Å². The van der Waals surface area contributed by atoms with Crippen molar-refractivity contribution >= 4 is 35.6 Å². The normalized spacial score (nSPS) is 32.7. The van der Waals surface area contributed by atoms with Crippen LogP contribution in [0.5, 0.6) is 17.2 Å². The molecular weight excluding hydrogens is 953 g/mol. The number of hydrogen-bond donors (Lipinski definition) is 4. The fraction of sp³-hybridized carbons (Fsp3) is 0.434. The number of benzene rings is 4. The number of carbonyl (C=O) groups is 4. The summed E-state index contributed by atoms with van der Waals surface area (Å²) in [5, 5.41) is 38.5. The van der Waals surface area contributed by atoms with Gasteiger partial charge in [-0.3, -0.25) is 9.59 Å². The van der Waals surface area contributed by atoms with Crippen LogP contribution in [0.15, 0.2) is 119 Å². The third kappa shape index (κ3) is 8.24. The number of methoxy groups -OCH3 is 2. The summed E-state index contributed by atoms with van der Waals surface area (Å²) in [5.74, 6) is 1.54. The summed E-state index contributed by atoms with van der Waals surface area (Å²) in [4.78, 5) is 68.8. The summed E-state index contributed by atoms with van der Waals surface area (Å²) >= 11 is 1.18. The Bertz CT molecular complexity index is 2760. The molecule has 382 valence electrons. The third-order valence-corrected chi connectivity index (χ3v) is 16.7. The maximum atomic E-state index is 15.4. The Morgan fingerprint density at radius 1 is 0.875 bits per heavy atom. The zero-order chi connectivity index (χ0) is 51.5. The van der Waals surface area contributed by atoms with E-state index in [2.05, 4.69) is 4.99 Å². The molecule has 18 nitrogen and oxygen atoms in total. The SMILES string of the molecule is COc1ccc(C2O[C@@H](C(=O)O[C@H]3C[C@@]4(O)[C@@H](OC(=O)c5ccccc5)[C@@H]5[C@]6(OC(C)=O)CO[C@@H]6C[C@H](O)[C@@]5(C)C(=O)[C@H](O)C(=C3C)C4(C)C)[C@H](c3ccccc3)N2Sc2ccccc2OON)c(OC)c1. The molecule has 4 fully saturated rings. The van der Waals surface area contributed by atoms with Crippen LogP contribution in [0.3, 0.4) is 0 Å². The zero-order valence-corrected chi connectivity index (χ0v) is 41.5. The summed E-state index contributed by atoms with van der Waals surface area (Å²) < 4.78 is 45.2. The number of fused-ring (bicyclic) bond motifs is 5. The number of nitrogens with zero attached hydrogens (tertiary/aromatic N) is 1. The lowest BCUT2D eigenvalue weighted by atomic mass is 9.44. The monoisotopic (exact) mass is 1010 g/mol. The molecule has 0 spiro atoms. The van der Waals surface area contributed by atoms with E-state index in [0.29, 0.717) is 27.5 Å². The van der Waals surface area contributed by atoms with Crippen LogP contribution < -0.4 is 20.3 Å². The van der Waals surface area contributed by atoms with E-state index < -0.39 is 107 Å². The van der Waals surface area contributed by atoms with Crippen molar-refractivity contribution in [2.45, 2.75) is 112 Å². The van der Waals surface area contributed by atoms with Crippen molar-refractivity contribution in [1.82, 2.24) is 4.31 Å². The molecule has 19 heteroatoms. The second-order valence-electron chi connectivity index (χ2n) is 19.5. The molecule has 1 unspecified atom stereocenters. The Kier molecular flexibility index (Phi) is 13.8. The van der Waals surface area contributed by atoms with Crippen molar-refractivity contribution in [2.75, 3.05) is 20.8 Å². The molecule has 0 aromatic heterocycles. The van der Waals surface area contributed by atoms with E-state index in [-0.39, 0.29) is 35.5 Å². The molecule has 12 atom stereocenters. The van der Waals surface area contributed by atoms with Gasteiger partial charge in [0.2, 0.25) is 0 Å². The number of para-hydroxylation sites is 1. The van der Waals surface area contributed by atoms with Crippen LogP contribution in [0.25, 0.3) is 0 Å². The van der Waals surface area contributed by atoms with Crippen LogP contribution in [0, 0.1) is 16.7 Å². The second kappa shape index (κ2) is 19.5. The van der Waals surface area contributed by atoms with Crippen molar-refractivity contribution in [3.63, 3.8) is 0 Å². The summed E-state index contributed by atoms with van der Waals surface area (Å²) in [6.07, 6.45) is -10.9. The third-order valence-electron chi connectivity index (χ3n) is 15.5. The van der Waals surface area contributed by atoms with Crippen LogP contribution in [0.1, 0.15) is 81.2 Å². The van der Waals surface area contributed by atoms with Crippen LogP contribution in [0.4, 0.5) is 0 Å². The molecule has 3 aliphatic carbocycles. The van der Waals surface area contributed by atoms with E-state index in [9.17, 15) is 24.9 Å². The van der Waals surface area contributed by atoms with Gasteiger partial charge in [-0.25, -0.2) is 13.9 Å². The van der Waals surface area contributed by atoms with Crippen LogP contribution >= 0.6 is 11.9 Å². The molecule has 72 heavy (non-hydrogen) atoms. The first-order valence-corrected chi connectivity index (χ1v) is 24.3. The molecule has 2 aliphatic heterocycles. The summed E-state index contributed by atoms with van der Waals surface area (Å²) in [6.45, 7) is 7.12. The van der Waals surface area contributed by atoms with Gasteiger partial charge in [-0.2, -0.15) is 5.90 Å². The van der Waals surface area contributed by atoms with E-state index in [1.165, 1.54) is 52.1 Å². The Balaban J connectivity index is 1.18. The maximum absolute atomic E-state index is 15.4. The Hall–Kier alpha value is -5.87. The van der Waals surface area contributed by atoms with Crippen molar-refractivity contribution < 1.29 is 77.5 Å². The summed E-state index contributed by atoms with van der Waals surface area (Å²) in [7, 11) is 3.01.